The molecule has 0 saturated heterocycles. The molecule has 0 fully saturated rings. The van der Waals surface area contributed by atoms with Gasteiger partial charge in [0.1, 0.15) is 10.4 Å². The molecular formula is C11H8BrClN2O. The van der Waals surface area contributed by atoms with Gasteiger partial charge in [-0.3, -0.25) is 0 Å². The van der Waals surface area contributed by atoms with Gasteiger partial charge in [-0.25, -0.2) is 0 Å². The van der Waals surface area contributed by atoms with Gasteiger partial charge in [-0.05, 0) is 46.3 Å². The summed E-state index contributed by atoms with van der Waals surface area (Å²) >= 11 is 9.26. The molecule has 16 heavy (non-hydrogen) atoms. The van der Waals surface area contributed by atoms with Crippen molar-refractivity contribution >= 4 is 27.5 Å². The van der Waals surface area contributed by atoms with Gasteiger partial charge in [0.2, 0.25) is 0 Å². The highest BCUT2D eigenvalue weighted by atomic mass is 79.9. The first kappa shape index (κ1) is 11.4. The van der Waals surface area contributed by atoms with E-state index in [-0.39, 0.29) is 0 Å². The number of methoxy groups -OCH3 is 1. The van der Waals surface area contributed by atoms with Gasteiger partial charge in [0.25, 0.3) is 0 Å². The van der Waals surface area contributed by atoms with Crippen molar-refractivity contribution < 1.29 is 4.74 Å². The molecule has 0 aliphatic rings. The molecule has 1 heterocycles. The number of halogens is 2. The molecule has 0 saturated carbocycles. The van der Waals surface area contributed by atoms with Gasteiger partial charge in [-0.1, -0.05) is 11.6 Å². The van der Waals surface area contributed by atoms with Crippen LogP contribution >= 0.6 is 27.5 Å². The Morgan fingerprint density at radius 1 is 1.19 bits per heavy atom. The van der Waals surface area contributed by atoms with Gasteiger partial charge < -0.3 is 4.74 Å². The van der Waals surface area contributed by atoms with Crippen LogP contribution in [0.5, 0.6) is 5.75 Å². The summed E-state index contributed by atoms with van der Waals surface area (Å²) in [4.78, 5) is 0. The summed E-state index contributed by atoms with van der Waals surface area (Å²) in [6, 6.07) is 9.21. The normalized spacial score (nSPS) is 10.2. The molecule has 0 aliphatic carbocycles. The minimum atomic E-state index is 0.560. The molecule has 0 bridgehead atoms. The zero-order valence-electron chi connectivity index (χ0n) is 8.45. The van der Waals surface area contributed by atoms with Crippen molar-refractivity contribution in [1.82, 2.24) is 10.2 Å². The Morgan fingerprint density at radius 3 is 2.56 bits per heavy atom. The SMILES string of the molecule is COc1ccc(-c2ccc(Br)nn2)cc1Cl. The van der Waals surface area contributed by atoms with Crippen LogP contribution in [-0.4, -0.2) is 17.3 Å². The van der Waals surface area contributed by atoms with Crippen LogP contribution in [0.1, 0.15) is 0 Å². The van der Waals surface area contributed by atoms with Crippen LogP contribution in [-0.2, 0) is 0 Å². The summed E-state index contributed by atoms with van der Waals surface area (Å²) in [5.41, 5.74) is 1.68. The molecule has 2 aromatic rings. The van der Waals surface area contributed by atoms with E-state index in [0.29, 0.717) is 15.4 Å². The molecule has 1 aromatic heterocycles. The molecule has 0 amide bonds. The molecule has 82 valence electrons. The third kappa shape index (κ3) is 2.33. The van der Waals surface area contributed by atoms with Crippen molar-refractivity contribution in [3.63, 3.8) is 0 Å². The van der Waals surface area contributed by atoms with E-state index in [4.69, 9.17) is 16.3 Å². The van der Waals surface area contributed by atoms with Gasteiger partial charge in [-0.2, -0.15) is 0 Å². The van der Waals surface area contributed by atoms with Crippen molar-refractivity contribution in [3.8, 4) is 17.0 Å². The predicted octanol–water partition coefficient (Wildman–Crippen LogP) is 3.57. The Balaban J connectivity index is 2.41. The molecule has 0 atom stereocenters. The number of ether oxygens (including phenoxy) is 1. The van der Waals surface area contributed by atoms with E-state index in [1.807, 2.05) is 18.2 Å². The second kappa shape index (κ2) is 4.80. The molecule has 0 spiro atoms. The predicted molar refractivity (Wildman–Crippen MR) is 66.7 cm³/mol. The summed E-state index contributed by atoms with van der Waals surface area (Å²) in [5, 5.41) is 8.53. The van der Waals surface area contributed by atoms with Crippen LogP contribution in [0.25, 0.3) is 11.3 Å². The highest BCUT2D eigenvalue weighted by molar-refractivity contribution is 9.10. The van der Waals surface area contributed by atoms with Gasteiger partial charge in [0.05, 0.1) is 17.8 Å². The van der Waals surface area contributed by atoms with Crippen LogP contribution in [0.3, 0.4) is 0 Å². The fourth-order valence-electron chi connectivity index (χ4n) is 1.30. The molecular weight excluding hydrogens is 291 g/mol. The highest BCUT2D eigenvalue weighted by Crippen LogP contribution is 2.29. The molecule has 1 aromatic carbocycles. The summed E-state index contributed by atoms with van der Waals surface area (Å²) in [5.74, 6) is 0.649. The molecule has 3 nitrogen and oxygen atoms in total. The molecule has 0 radical (unpaired) electrons. The monoisotopic (exact) mass is 298 g/mol. The van der Waals surface area contributed by atoms with Gasteiger partial charge >= 0.3 is 0 Å². The Labute approximate surface area is 107 Å². The van der Waals surface area contributed by atoms with E-state index in [2.05, 4.69) is 26.1 Å². The minimum Gasteiger partial charge on any atom is -0.495 e. The average Bonchev–Trinajstić information content (AvgIpc) is 2.30. The number of hydrogen-bond acceptors (Lipinski definition) is 3. The van der Waals surface area contributed by atoms with Crippen LogP contribution in [0.15, 0.2) is 34.9 Å². The van der Waals surface area contributed by atoms with Gasteiger partial charge in [0.15, 0.2) is 0 Å². The number of benzene rings is 1. The number of nitrogens with zero attached hydrogens (tertiary/aromatic N) is 2. The quantitative estimate of drug-likeness (QED) is 0.850. The van der Waals surface area contributed by atoms with Crippen molar-refractivity contribution in [2.24, 2.45) is 0 Å². The van der Waals surface area contributed by atoms with E-state index in [1.54, 1.807) is 19.2 Å². The van der Waals surface area contributed by atoms with Crippen molar-refractivity contribution in [2.45, 2.75) is 0 Å². The number of rotatable bonds is 2. The first-order valence-corrected chi connectivity index (χ1v) is 5.71. The fraction of sp³-hybridized carbons (Fsp3) is 0.0909. The van der Waals surface area contributed by atoms with E-state index >= 15 is 0 Å². The van der Waals surface area contributed by atoms with E-state index in [9.17, 15) is 0 Å². The lowest BCUT2D eigenvalue weighted by Gasteiger charge is -2.05. The molecule has 5 heteroatoms. The molecule has 2 rings (SSSR count). The smallest absolute Gasteiger partial charge is 0.137 e. The molecule has 0 aliphatic heterocycles. The van der Waals surface area contributed by atoms with Crippen LogP contribution in [0.2, 0.25) is 5.02 Å². The van der Waals surface area contributed by atoms with Crippen LogP contribution in [0.4, 0.5) is 0 Å². The zero-order chi connectivity index (χ0) is 11.5. The maximum Gasteiger partial charge on any atom is 0.137 e. The standard InChI is InChI=1S/C11H8BrClN2O/c1-16-10-4-2-7(6-8(10)13)9-3-5-11(12)15-14-9/h2-6H,1H3. The summed E-state index contributed by atoms with van der Waals surface area (Å²) < 4.78 is 5.78. The first-order chi connectivity index (χ1) is 7.70. The second-order valence-electron chi connectivity index (χ2n) is 3.09. The summed E-state index contributed by atoms with van der Waals surface area (Å²) in [6.07, 6.45) is 0. The summed E-state index contributed by atoms with van der Waals surface area (Å²) in [6.45, 7) is 0. The van der Waals surface area contributed by atoms with Crippen LogP contribution < -0.4 is 4.74 Å². The van der Waals surface area contributed by atoms with Crippen LogP contribution in [0, 0.1) is 0 Å². The van der Waals surface area contributed by atoms with Gasteiger partial charge in [-0.15, -0.1) is 10.2 Å². The lowest BCUT2D eigenvalue weighted by Crippen LogP contribution is -1.89. The average molecular weight is 300 g/mol. The zero-order valence-corrected chi connectivity index (χ0v) is 10.8. The Bertz CT molecular complexity index is 502. The third-order valence-electron chi connectivity index (χ3n) is 2.08. The van der Waals surface area contributed by atoms with E-state index < -0.39 is 0 Å². The Morgan fingerprint density at radius 2 is 2.00 bits per heavy atom. The van der Waals surface area contributed by atoms with Crippen molar-refractivity contribution in [3.05, 3.63) is 40.0 Å². The van der Waals surface area contributed by atoms with E-state index in [1.165, 1.54) is 0 Å². The Kier molecular flexibility index (Phi) is 3.41. The lowest BCUT2D eigenvalue weighted by molar-refractivity contribution is 0.415. The topological polar surface area (TPSA) is 35.0 Å². The second-order valence-corrected chi connectivity index (χ2v) is 4.31. The van der Waals surface area contributed by atoms with E-state index in [0.717, 1.165) is 11.3 Å². The summed E-state index contributed by atoms with van der Waals surface area (Å²) in [7, 11) is 1.58. The number of aromatic nitrogens is 2. The fourth-order valence-corrected chi connectivity index (χ4v) is 1.76. The largest absolute Gasteiger partial charge is 0.495 e. The third-order valence-corrected chi connectivity index (χ3v) is 2.80. The van der Waals surface area contributed by atoms with Crippen molar-refractivity contribution in [1.29, 1.82) is 0 Å². The lowest BCUT2D eigenvalue weighted by atomic mass is 10.1. The highest BCUT2D eigenvalue weighted by Gasteiger charge is 2.05. The van der Waals surface area contributed by atoms with Gasteiger partial charge in [0, 0.05) is 5.56 Å². The molecule has 0 unspecified atom stereocenters. The van der Waals surface area contributed by atoms with Crippen molar-refractivity contribution in [2.75, 3.05) is 7.11 Å². The Hall–Kier alpha value is -1.13. The molecule has 0 N–H and O–H groups in total. The number of hydrogen-bond donors (Lipinski definition) is 0. The maximum atomic E-state index is 6.03. The maximum absolute atomic E-state index is 6.03. The minimum absolute atomic E-state index is 0.560. The first-order valence-electron chi connectivity index (χ1n) is 4.54.